The standard InChI is InChI=1S/C58H52N2/c1-36-27-29-38(3)44(31-36)33-50(41-17-8-6-9-18-41)40(5)54-46-23-14-12-19-42(46)34-52-55(54)48-25-16-26-49-56-53(60(52)57(48)49)35-43-20-13-15-24-47(43)58(56)59(45-21-10-7-11-22-45)51-32-37(2)28-30-39(51)4/h6-32,35,40,42,46,50,54H,33-34H2,1-5H3. The third-order valence-electron chi connectivity index (χ3n) is 14.3. The average Bonchev–Trinajstić information content (AvgIpc) is 3.79. The Morgan fingerprint density at radius 3 is 2.15 bits per heavy atom. The molecule has 294 valence electrons. The van der Waals surface area contributed by atoms with Crippen molar-refractivity contribution in [1.82, 2.24) is 4.40 Å². The maximum absolute atomic E-state index is 2.72. The lowest BCUT2D eigenvalue weighted by Crippen LogP contribution is -2.34. The first-order chi connectivity index (χ1) is 29.4. The van der Waals surface area contributed by atoms with E-state index in [9.17, 15) is 0 Å². The van der Waals surface area contributed by atoms with Gasteiger partial charge in [-0.15, -0.1) is 0 Å². The molecule has 0 radical (unpaired) electrons. The van der Waals surface area contributed by atoms with Gasteiger partial charge in [-0.1, -0.05) is 158 Å². The molecule has 2 nitrogen and oxygen atoms in total. The highest BCUT2D eigenvalue weighted by molar-refractivity contribution is 6.26. The number of allylic oxidation sites excluding steroid dienone is 4. The van der Waals surface area contributed by atoms with Crippen molar-refractivity contribution in [1.29, 1.82) is 0 Å². The Morgan fingerprint density at radius 1 is 0.650 bits per heavy atom. The van der Waals surface area contributed by atoms with E-state index < -0.39 is 0 Å². The molecule has 0 spiro atoms. The molecule has 0 fully saturated rings. The summed E-state index contributed by atoms with van der Waals surface area (Å²) in [6.07, 6.45) is 11.7. The van der Waals surface area contributed by atoms with Crippen molar-refractivity contribution >= 4 is 55.0 Å². The monoisotopic (exact) mass is 776 g/mol. The highest BCUT2D eigenvalue weighted by atomic mass is 15.2. The van der Waals surface area contributed by atoms with Crippen molar-refractivity contribution in [2.24, 2.45) is 17.8 Å². The van der Waals surface area contributed by atoms with E-state index in [2.05, 4.69) is 214 Å². The molecule has 0 saturated heterocycles. The van der Waals surface area contributed by atoms with Crippen LogP contribution in [0.1, 0.15) is 63.4 Å². The molecular weight excluding hydrogens is 725 g/mol. The fourth-order valence-corrected chi connectivity index (χ4v) is 11.5. The molecule has 60 heavy (non-hydrogen) atoms. The van der Waals surface area contributed by atoms with E-state index in [1.54, 1.807) is 5.56 Å². The minimum Gasteiger partial charge on any atom is -0.312 e. The van der Waals surface area contributed by atoms with Gasteiger partial charge in [-0.25, -0.2) is 0 Å². The van der Waals surface area contributed by atoms with Crippen molar-refractivity contribution in [2.45, 2.75) is 59.3 Å². The number of anilines is 3. The zero-order chi connectivity index (χ0) is 40.6. The van der Waals surface area contributed by atoms with Gasteiger partial charge in [-0.2, -0.15) is 0 Å². The third-order valence-corrected chi connectivity index (χ3v) is 14.3. The second-order valence-electron chi connectivity index (χ2n) is 18.0. The van der Waals surface area contributed by atoms with E-state index in [0.717, 1.165) is 12.8 Å². The SMILES string of the molecule is Cc1ccc(C)c(CC(c2ccccc2)C(C)C2c3c(n4c5cc6ccccc6c(N(c6ccccc6)c6cc(C)ccc6C)c5c5cccc3c54)CC3C=CC=CC32)c1. The van der Waals surface area contributed by atoms with Crippen LogP contribution in [0.15, 0.2) is 170 Å². The number of aryl methyl sites for hydroxylation is 4. The summed E-state index contributed by atoms with van der Waals surface area (Å²) >= 11 is 0. The first-order valence-electron chi connectivity index (χ1n) is 22.0. The van der Waals surface area contributed by atoms with Gasteiger partial charge in [0.1, 0.15) is 0 Å². The zero-order valence-corrected chi connectivity index (χ0v) is 35.4. The second-order valence-corrected chi connectivity index (χ2v) is 18.0. The van der Waals surface area contributed by atoms with E-state index in [1.807, 2.05) is 0 Å². The van der Waals surface area contributed by atoms with Gasteiger partial charge in [0.25, 0.3) is 0 Å². The van der Waals surface area contributed by atoms with Gasteiger partial charge < -0.3 is 9.30 Å². The van der Waals surface area contributed by atoms with Crippen LogP contribution in [0.4, 0.5) is 17.1 Å². The van der Waals surface area contributed by atoms with Crippen molar-refractivity contribution in [3.63, 3.8) is 0 Å². The predicted molar refractivity (Wildman–Crippen MR) is 255 cm³/mol. The summed E-state index contributed by atoms with van der Waals surface area (Å²) in [7, 11) is 0. The molecule has 7 aromatic carbocycles. The topological polar surface area (TPSA) is 7.65 Å². The molecule has 2 aliphatic carbocycles. The summed E-state index contributed by atoms with van der Waals surface area (Å²) in [5.41, 5.74) is 17.5. The van der Waals surface area contributed by atoms with Crippen molar-refractivity contribution < 1.29 is 0 Å². The molecule has 0 aliphatic heterocycles. The molecule has 0 bridgehead atoms. The maximum atomic E-state index is 2.72. The minimum absolute atomic E-state index is 0.339. The molecule has 0 amide bonds. The largest absolute Gasteiger partial charge is 0.312 e. The van der Waals surface area contributed by atoms with Gasteiger partial charge in [0.2, 0.25) is 0 Å². The number of nitrogens with zero attached hydrogens (tertiary/aromatic N) is 2. The van der Waals surface area contributed by atoms with E-state index in [0.29, 0.717) is 29.6 Å². The molecule has 0 N–H and O–H groups in total. The van der Waals surface area contributed by atoms with Gasteiger partial charge in [-0.05, 0) is 133 Å². The van der Waals surface area contributed by atoms with Gasteiger partial charge in [0.05, 0.1) is 16.7 Å². The lowest BCUT2D eigenvalue weighted by Gasteiger charge is -2.43. The summed E-state index contributed by atoms with van der Waals surface area (Å²) in [5, 5.41) is 6.60. The maximum Gasteiger partial charge on any atom is 0.0640 e. The molecule has 2 heteroatoms. The second kappa shape index (κ2) is 14.4. The summed E-state index contributed by atoms with van der Waals surface area (Å²) in [4.78, 5) is 2.55. The Morgan fingerprint density at radius 2 is 1.33 bits per heavy atom. The summed E-state index contributed by atoms with van der Waals surface area (Å²) in [5.74, 6) is 1.92. The van der Waals surface area contributed by atoms with Crippen molar-refractivity contribution in [3.05, 3.63) is 215 Å². The lowest BCUT2D eigenvalue weighted by atomic mass is 9.61. The number of hydrogen-bond acceptors (Lipinski definition) is 1. The predicted octanol–water partition coefficient (Wildman–Crippen LogP) is 15.2. The van der Waals surface area contributed by atoms with Crippen LogP contribution in [0, 0.1) is 45.4 Å². The Hall–Kier alpha value is -6.38. The van der Waals surface area contributed by atoms with Gasteiger partial charge in [0.15, 0.2) is 0 Å². The summed E-state index contributed by atoms with van der Waals surface area (Å²) < 4.78 is 2.72. The highest BCUT2D eigenvalue weighted by Gasteiger charge is 2.44. The number of benzene rings is 7. The zero-order valence-electron chi connectivity index (χ0n) is 35.4. The quantitative estimate of drug-likeness (QED) is 0.149. The Kier molecular flexibility index (Phi) is 8.81. The van der Waals surface area contributed by atoms with Gasteiger partial charge in [-0.3, -0.25) is 0 Å². The molecule has 2 aliphatic rings. The first-order valence-corrected chi connectivity index (χ1v) is 22.0. The molecule has 5 atom stereocenters. The molecule has 0 saturated carbocycles. The van der Waals surface area contributed by atoms with Crippen molar-refractivity contribution in [2.75, 3.05) is 4.90 Å². The van der Waals surface area contributed by atoms with Crippen LogP contribution in [0.25, 0.3) is 38.0 Å². The van der Waals surface area contributed by atoms with Crippen LogP contribution in [0.2, 0.25) is 0 Å². The Labute approximate surface area is 354 Å². The minimum atomic E-state index is 0.339. The summed E-state index contributed by atoms with van der Waals surface area (Å²) in [6, 6.07) is 55.0. The number of fused-ring (bicyclic) bond motifs is 8. The Balaban J connectivity index is 1.20. The first kappa shape index (κ1) is 36.7. The van der Waals surface area contributed by atoms with Crippen molar-refractivity contribution in [3.8, 4) is 0 Å². The van der Waals surface area contributed by atoms with Crippen LogP contribution in [0.5, 0.6) is 0 Å². The fourth-order valence-electron chi connectivity index (χ4n) is 11.5. The van der Waals surface area contributed by atoms with Crippen LogP contribution in [-0.2, 0) is 12.8 Å². The van der Waals surface area contributed by atoms with Gasteiger partial charge >= 0.3 is 0 Å². The summed E-state index contributed by atoms with van der Waals surface area (Å²) in [6.45, 7) is 11.6. The van der Waals surface area contributed by atoms with Crippen LogP contribution >= 0.6 is 0 Å². The number of hydrogen-bond donors (Lipinski definition) is 0. The number of aromatic nitrogens is 1. The lowest BCUT2D eigenvalue weighted by molar-refractivity contribution is 0.257. The molecule has 11 rings (SSSR count). The van der Waals surface area contributed by atoms with E-state index >= 15 is 0 Å². The van der Waals surface area contributed by atoms with Gasteiger partial charge in [0, 0.05) is 38.6 Å². The smallest absolute Gasteiger partial charge is 0.0640 e. The highest BCUT2D eigenvalue weighted by Crippen LogP contribution is 2.56. The van der Waals surface area contributed by atoms with E-state index in [1.165, 1.54) is 94.1 Å². The van der Waals surface area contributed by atoms with E-state index in [4.69, 9.17) is 0 Å². The van der Waals surface area contributed by atoms with E-state index in [-0.39, 0.29) is 0 Å². The van der Waals surface area contributed by atoms with Crippen LogP contribution in [-0.4, -0.2) is 4.40 Å². The number of para-hydroxylation sites is 2. The molecule has 9 aromatic rings. The third kappa shape index (κ3) is 5.75. The van der Waals surface area contributed by atoms with Crippen LogP contribution in [0.3, 0.4) is 0 Å². The van der Waals surface area contributed by atoms with Crippen LogP contribution < -0.4 is 4.90 Å². The average molecular weight is 777 g/mol. The Bertz CT molecular complexity index is 3130. The molecule has 5 unspecified atom stereocenters. The molecule has 2 aromatic heterocycles. The fraction of sp³-hybridized carbons (Fsp3) is 0.207. The molecule has 2 heterocycles. The normalized spacial score (nSPS) is 18.3. The molecular formula is C58H52N2. The number of rotatable bonds is 8.